The van der Waals surface area contributed by atoms with E-state index >= 15 is 0 Å². The Morgan fingerprint density at radius 1 is 1.19 bits per heavy atom. The van der Waals surface area contributed by atoms with Crippen LogP contribution in [0.4, 0.5) is 11.4 Å². The molecule has 0 unspecified atom stereocenters. The number of anilines is 2. The summed E-state index contributed by atoms with van der Waals surface area (Å²) in [4.78, 5) is 2.51. The molecule has 0 bridgehead atoms. The van der Waals surface area contributed by atoms with Crippen LogP contribution in [-0.4, -0.2) is 32.4 Å². The first-order valence-corrected chi connectivity index (χ1v) is 11.2. The van der Waals surface area contributed by atoms with Crippen molar-refractivity contribution < 1.29 is 8.42 Å². The smallest absolute Gasteiger partial charge is 0.245 e. The van der Waals surface area contributed by atoms with Crippen LogP contribution < -0.4 is 4.90 Å². The molecule has 3 rings (SSSR count). The first-order chi connectivity index (χ1) is 12.4. The van der Waals surface area contributed by atoms with E-state index in [-0.39, 0.29) is 6.04 Å². The summed E-state index contributed by atoms with van der Waals surface area (Å²) in [6.07, 6.45) is 2.91. The normalized spacial score (nSPS) is 19.8. The number of rotatable bonds is 4. The van der Waals surface area contributed by atoms with Crippen molar-refractivity contribution in [1.29, 1.82) is 0 Å². The summed E-state index contributed by atoms with van der Waals surface area (Å²) in [6, 6.07) is 13.7. The molecule has 0 aliphatic carbocycles. The van der Waals surface area contributed by atoms with Gasteiger partial charge in [-0.05, 0) is 43.2 Å². The molecule has 4 nitrogen and oxygen atoms in total. The van der Waals surface area contributed by atoms with Crippen LogP contribution in [-0.2, 0) is 10.0 Å². The van der Waals surface area contributed by atoms with Crippen LogP contribution in [0.5, 0.6) is 0 Å². The van der Waals surface area contributed by atoms with Gasteiger partial charge in [0.1, 0.15) is 4.90 Å². The lowest BCUT2D eigenvalue weighted by atomic mass is 10.1. The lowest BCUT2D eigenvalue weighted by molar-refractivity contribution is 0.351. The van der Waals surface area contributed by atoms with E-state index in [1.54, 1.807) is 17.4 Å². The minimum atomic E-state index is -3.56. The molecule has 0 spiro atoms. The number of hydrogen-bond donors (Lipinski definition) is 0. The van der Waals surface area contributed by atoms with E-state index in [9.17, 15) is 8.42 Å². The first kappa shape index (κ1) is 19.4. The van der Waals surface area contributed by atoms with Gasteiger partial charge in [0.15, 0.2) is 0 Å². The molecule has 0 amide bonds. The molecule has 0 fully saturated rings. The quantitative estimate of drug-likeness (QED) is 0.669. The second-order valence-electron chi connectivity index (χ2n) is 6.83. The average Bonchev–Trinajstić information content (AvgIpc) is 2.70. The van der Waals surface area contributed by atoms with Crippen molar-refractivity contribution in [3.05, 3.63) is 52.5 Å². The summed E-state index contributed by atoms with van der Waals surface area (Å²) >= 11 is 3.50. The van der Waals surface area contributed by atoms with E-state index in [0.29, 0.717) is 11.4 Å². The molecule has 0 aromatic heterocycles. The van der Waals surface area contributed by atoms with Crippen LogP contribution in [0, 0.1) is 6.92 Å². The van der Waals surface area contributed by atoms with Crippen molar-refractivity contribution >= 4 is 37.3 Å². The Kier molecular flexibility index (Phi) is 5.75. The fourth-order valence-electron chi connectivity index (χ4n) is 3.41. The van der Waals surface area contributed by atoms with Crippen LogP contribution in [0.25, 0.3) is 0 Å². The Morgan fingerprint density at radius 3 is 2.54 bits per heavy atom. The van der Waals surface area contributed by atoms with Crippen LogP contribution >= 0.6 is 15.9 Å². The zero-order valence-electron chi connectivity index (χ0n) is 15.4. The Hall–Kier alpha value is -1.37. The fraction of sp³-hybridized carbons (Fsp3) is 0.400. The molecular formula is C20H25BrN2O2S. The molecule has 1 aliphatic rings. The van der Waals surface area contributed by atoms with Gasteiger partial charge in [0.25, 0.3) is 0 Å². The van der Waals surface area contributed by atoms with E-state index in [0.717, 1.165) is 40.7 Å². The molecular weight excluding hydrogens is 412 g/mol. The topological polar surface area (TPSA) is 40.6 Å². The van der Waals surface area contributed by atoms with Crippen molar-refractivity contribution in [3.8, 4) is 0 Å². The monoisotopic (exact) mass is 436 g/mol. The second-order valence-corrected chi connectivity index (χ2v) is 9.65. The van der Waals surface area contributed by atoms with Gasteiger partial charge < -0.3 is 4.90 Å². The zero-order valence-corrected chi connectivity index (χ0v) is 17.8. The number of para-hydroxylation sites is 1. The summed E-state index contributed by atoms with van der Waals surface area (Å²) in [6.45, 7) is 4.77. The third kappa shape index (κ3) is 3.55. The van der Waals surface area contributed by atoms with Gasteiger partial charge in [-0.15, -0.1) is 0 Å². The Bertz CT molecular complexity index is 884. The highest BCUT2D eigenvalue weighted by atomic mass is 79.9. The summed E-state index contributed by atoms with van der Waals surface area (Å²) < 4.78 is 29.0. The summed E-state index contributed by atoms with van der Waals surface area (Å²) in [5.74, 6) is 0. The number of hydrogen-bond acceptors (Lipinski definition) is 3. The molecule has 1 atom stereocenters. The van der Waals surface area contributed by atoms with Crippen molar-refractivity contribution in [2.45, 2.75) is 44.0 Å². The van der Waals surface area contributed by atoms with Gasteiger partial charge in [0.05, 0.1) is 5.69 Å². The van der Waals surface area contributed by atoms with Crippen molar-refractivity contribution in [2.75, 3.05) is 18.5 Å². The minimum Gasteiger partial charge on any atom is -0.339 e. The number of benzene rings is 2. The summed E-state index contributed by atoms with van der Waals surface area (Å²) in [5.41, 5.74) is 2.79. The van der Waals surface area contributed by atoms with Gasteiger partial charge in [0, 0.05) is 29.8 Å². The molecule has 26 heavy (non-hydrogen) atoms. The predicted octanol–water partition coefficient (Wildman–Crippen LogP) is 5.09. The Morgan fingerprint density at radius 2 is 1.88 bits per heavy atom. The maximum atomic E-state index is 13.3. The van der Waals surface area contributed by atoms with E-state index in [1.165, 1.54) is 0 Å². The second kappa shape index (κ2) is 7.71. The number of sulfonamides is 1. The van der Waals surface area contributed by atoms with Crippen LogP contribution in [0.3, 0.4) is 0 Å². The summed E-state index contributed by atoms with van der Waals surface area (Å²) in [7, 11) is -1.85. The maximum Gasteiger partial charge on any atom is 0.245 e. The van der Waals surface area contributed by atoms with Crippen molar-refractivity contribution in [1.82, 2.24) is 4.31 Å². The number of likely N-dealkylation sites (N-methyl/N-ethyl adjacent to an activating group) is 1. The predicted molar refractivity (Wildman–Crippen MR) is 111 cm³/mol. The van der Waals surface area contributed by atoms with Gasteiger partial charge in [-0.3, -0.25) is 0 Å². The average molecular weight is 437 g/mol. The highest BCUT2D eigenvalue weighted by molar-refractivity contribution is 9.10. The molecule has 1 aliphatic heterocycles. The zero-order chi connectivity index (χ0) is 18.9. The van der Waals surface area contributed by atoms with Gasteiger partial charge >= 0.3 is 0 Å². The van der Waals surface area contributed by atoms with Gasteiger partial charge in [-0.2, -0.15) is 4.31 Å². The van der Waals surface area contributed by atoms with E-state index in [4.69, 9.17) is 0 Å². The molecule has 2 aromatic carbocycles. The number of unbranched alkanes of at least 4 members (excludes halogenated alkanes) is 1. The molecule has 0 saturated heterocycles. The fourth-order valence-corrected chi connectivity index (χ4v) is 5.48. The molecule has 0 N–H and O–H groups in total. The Labute approximate surface area is 165 Å². The number of halogens is 1. The maximum absolute atomic E-state index is 13.3. The van der Waals surface area contributed by atoms with Crippen LogP contribution in [0.2, 0.25) is 0 Å². The van der Waals surface area contributed by atoms with Crippen LogP contribution in [0.1, 0.15) is 31.7 Å². The highest BCUT2D eigenvalue weighted by Crippen LogP contribution is 2.40. The molecule has 6 heteroatoms. The largest absolute Gasteiger partial charge is 0.339 e. The minimum absolute atomic E-state index is 0.0633. The third-order valence-corrected chi connectivity index (χ3v) is 7.85. The lowest BCUT2D eigenvalue weighted by Gasteiger charge is -2.29. The van der Waals surface area contributed by atoms with E-state index in [1.807, 2.05) is 43.3 Å². The number of fused-ring (bicyclic) bond motifs is 1. The van der Waals surface area contributed by atoms with E-state index < -0.39 is 10.0 Å². The molecule has 0 radical (unpaired) electrons. The standard InChI is InChI=1S/C20H25BrN2O2S/c1-4-5-9-17-14-23(16-10-7-6-8-11-16)19-12-15(2)18(21)13-20(19)26(24,25)22(17)3/h6-8,10-13,17H,4-5,9,14H2,1-3H3/t17-/m1/s1. The van der Waals surface area contributed by atoms with Crippen molar-refractivity contribution in [2.24, 2.45) is 0 Å². The van der Waals surface area contributed by atoms with Gasteiger partial charge in [0.2, 0.25) is 10.0 Å². The summed E-state index contributed by atoms with van der Waals surface area (Å²) in [5, 5.41) is 0. The molecule has 2 aromatic rings. The van der Waals surface area contributed by atoms with Gasteiger partial charge in [-0.25, -0.2) is 8.42 Å². The number of nitrogens with zero attached hydrogens (tertiary/aromatic N) is 2. The SMILES string of the molecule is CCCC[C@@H]1CN(c2ccccc2)c2cc(C)c(Br)cc2S(=O)(=O)N1C. The van der Waals surface area contributed by atoms with Gasteiger partial charge in [-0.1, -0.05) is 53.9 Å². The first-order valence-electron chi connectivity index (χ1n) is 8.97. The molecule has 0 saturated carbocycles. The van der Waals surface area contributed by atoms with Crippen molar-refractivity contribution in [3.63, 3.8) is 0 Å². The lowest BCUT2D eigenvalue weighted by Crippen LogP contribution is -2.40. The molecule has 1 heterocycles. The van der Waals surface area contributed by atoms with Crippen LogP contribution in [0.15, 0.2) is 51.8 Å². The van der Waals surface area contributed by atoms with E-state index in [2.05, 4.69) is 27.8 Å². The molecule has 140 valence electrons. The third-order valence-electron chi connectivity index (χ3n) is 5.05. The number of aryl methyl sites for hydroxylation is 1. The Balaban J connectivity index is 2.21. The highest BCUT2D eigenvalue weighted by Gasteiger charge is 2.36.